The lowest BCUT2D eigenvalue weighted by Gasteiger charge is -2.21. The summed E-state index contributed by atoms with van der Waals surface area (Å²) < 4.78 is 0. The molecule has 0 unspecified atom stereocenters. The number of aromatic nitrogens is 1. The molecule has 6 rings (SSSR count). The van der Waals surface area contributed by atoms with E-state index in [-0.39, 0.29) is 11.6 Å². The fourth-order valence-electron chi connectivity index (χ4n) is 4.52. The first kappa shape index (κ1) is 15.7. The quantitative estimate of drug-likeness (QED) is 0.452. The van der Waals surface area contributed by atoms with Crippen LogP contribution in [0, 0.1) is 0 Å². The third-order valence-corrected chi connectivity index (χ3v) is 6.98. The molecular formula is C23H14N2O2S. The predicted molar refractivity (Wildman–Crippen MR) is 112 cm³/mol. The summed E-state index contributed by atoms with van der Waals surface area (Å²) in [5, 5.41) is 6.76. The SMILES string of the molecule is CNC1=C(C)C(=O)c2sc3c4c(ccc1c24)-c1ncc2ccccc2c1C3=O. The Morgan fingerprint density at radius 1 is 0.929 bits per heavy atom. The maximum absolute atomic E-state index is 13.5. The van der Waals surface area contributed by atoms with Crippen LogP contribution < -0.4 is 5.32 Å². The van der Waals surface area contributed by atoms with Crippen LogP contribution in [0.4, 0.5) is 0 Å². The van der Waals surface area contributed by atoms with E-state index in [9.17, 15) is 9.59 Å². The minimum Gasteiger partial charge on any atom is -0.387 e. The predicted octanol–water partition coefficient (Wildman–Crippen LogP) is 4.81. The first-order valence-electron chi connectivity index (χ1n) is 9.08. The minimum absolute atomic E-state index is 0.00757. The largest absolute Gasteiger partial charge is 0.387 e. The molecular weight excluding hydrogens is 368 g/mol. The van der Waals surface area contributed by atoms with Crippen LogP contribution in [-0.4, -0.2) is 23.6 Å². The van der Waals surface area contributed by atoms with Crippen molar-refractivity contribution < 1.29 is 9.59 Å². The molecule has 2 aliphatic carbocycles. The molecule has 4 aromatic rings. The van der Waals surface area contributed by atoms with E-state index in [1.165, 1.54) is 11.3 Å². The smallest absolute Gasteiger partial charge is 0.206 e. The zero-order valence-corrected chi connectivity index (χ0v) is 16.0. The second-order valence-electron chi connectivity index (χ2n) is 7.15. The van der Waals surface area contributed by atoms with Crippen LogP contribution in [0.15, 0.2) is 48.2 Å². The minimum atomic E-state index is -0.0384. The molecule has 4 nitrogen and oxygen atoms in total. The van der Waals surface area contributed by atoms with Gasteiger partial charge in [0.2, 0.25) is 11.6 Å². The number of nitrogens with one attached hydrogen (secondary N) is 1. The van der Waals surface area contributed by atoms with E-state index in [2.05, 4.69) is 10.3 Å². The first-order chi connectivity index (χ1) is 13.6. The van der Waals surface area contributed by atoms with Crippen LogP contribution in [0.1, 0.15) is 37.4 Å². The van der Waals surface area contributed by atoms with Crippen molar-refractivity contribution in [3.63, 3.8) is 0 Å². The summed E-state index contributed by atoms with van der Waals surface area (Å²) in [5.41, 5.74) is 4.77. The van der Waals surface area contributed by atoms with Gasteiger partial charge in [-0.05, 0) is 12.3 Å². The van der Waals surface area contributed by atoms with Crippen molar-refractivity contribution >= 4 is 50.1 Å². The van der Waals surface area contributed by atoms with Crippen molar-refractivity contribution in [3.05, 3.63) is 69.0 Å². The van der Waals surface area contributed by atoms with Gasteiger partial charge in [-0.3, -0.25) is 14.6 Å². The second kappa shape index (κ2) is 5.14. The number of carbonyl (C=O) groups excluding carboxylic acids is 2. The summed E-state index contributed by atoms with van der Waals surface area (Å²) in [6.07, 6.45) is 1.82. The molecule has 0 bridgehead atoms. The molecule has 134 valence electrons. The van der Waals surface area contributed by atoms with Crippen LogP contribution in [0.5, 0.6) is 0 Å². The van der Waals surface area contributed by atoms with E-state index in [0.717, 1.165) is 38.4 Å². The van der Waals surface area contributed by atoms with Gasteiger partial charge in [0.05, 0.1) is 21.0 Å². The third kappa shape index (κ3) is 1.68. The van der Waals surface area contributed by atoms with Gasteiger partial charge in [-0.15, -0.1) is 11.3 Å². The monoisotopic (exact) mass is 382 g/mol. The highest BCUT2D eigenvalue weighted by atomic mass is 32.1. The number of rotatable bonds is 1. The van der Waals surface area contributed by atoms with E-state index in [1.807, 2.05) is 56.6 Å². The summed E-state index contributed by atoms with van der Waals surface area (Å²) in [5.74, 6) is -0.0459. The van der Waals surface area contributed by atoms with Crippen LogP contribution >= 0.6 is 11.3 Å². The van der Waals surface area contributed by atoms with Crippen molar-refractivity contribution in [2.75, 3.05) is 7.05 Å². The summed E-state index contributed by atoms with van der Waals surface area (Å²) in [6, 6.07) is 11.9. The fourth-order valence-corrected chi connectivity index (χ4v) is 5.80. The number of allylic oxidation sites excluding steroid dienone is 1. The normalized spacial score (nSPS) is 14.8. The first-order valence-corrected chi connectivity index (χ1v) is 9.89. The average Bonchev–Trinajstić information content (AvgIpc) is 3.13. The van der Waals surface area contributed by atoms with Crippen LogP contribution in [0.3, 0.4) is 0 Å². The second-order valence-corrected chi connectivity index (χ2v) is 8.17. The maximum Gasteiger partial charge on any atom is 0.206 e. The zero-order valence-electron chi connectivity index (χ0n) is 15.2. The number of fused-ring (bicyclic) bond motifs is 4. The highest BCUT2D eigenvalue weighted by molar-refractivity contribution is 7.18. The molecule has 2 aliphatic rings. The summed E-state index contributed by atoms with van der Waals surface area (Å²) >= 11 is 1.32. The van der Waals surface area contributed by atoms with Crippen molar-refractivity contribution in [1.29, 1.82) is 0 Å². The third-order valence-electron chi connectivity index (χ3n) is 5.79. The number of benzene rings is 2. The lowest BCUT2D eigenvalue weighted by Crippen LogP contribution is -2.16. The molecule has 2 heterocycles. The van der Waals surface area contributed by atoms with Gasteiger partial charge in [0.25, 0.3) is 0 Å². The standard InChI is InChI=1S/C23H14N2O2S/c1-10-18(24-2)13-7-8-14-16-15(13)22(20(10)26)28-23(16)21(27)17-12-6-4-3-5-11(12)9-25-19(14)17/h3-9,24H,1-2H3. The molecule has 5 heteroatoms. The van der Waals surface area contributed by atoms with Gasteiger partial charge in [0, 0.05) is 51.8 Å². The fraction of sp³-hybridized carbons (Fsp3) is 0.0870. The van der Waals surface area contributed by atoms with Gasteiger partial charge in [0.1, 0.15) is 0 Å². The molecule has 2 aromatic carbocycles. The van der Waals surface area contributed by atoms with Crippen LogP contribution in [0.2, 0.25) is 0 Å². The molecule has 0 fully saturated rings. The molecule has 0 radical (unpaired) electrons. The van der Waals surface area contributed by atoms with Crippen molar-refractivity contribution in [2.45, 2.75) is 6.92 Å². The summed E-state index contributed by atoms with van der Waals surface area (Å²) in [4.78, 5) is 32.5. The van der Waals surface area contributed by atoms with Gasteiger partial charge in [0.15, 0.2) is 0 Å². The highest BCUT2D eigenvalue weighted by Gasteiger charge is 2.36. The number of carbonyl (C=O) groups is 2. The highest BCUT2D eigenvalue weighted by Crippen LogP contribution is 2.49. The Morgan fingerprint density at radius 3 is 2.46 bits per heavy atom. The van der Waals surface area contributed by atoms with Gasteiger partial charge < -0.3 is 5.32 Å². The number of thiophene rings is 1. The maximum atomic E-state index is 13.5. The summed E-state index contributed by atoms with van der Waals surface area (Å²) in [7, 11) is 1.82. The topological polar surface area (TPSA) is 59.1 Å². The van der Waals surface area contributed by atoms with Crippen LogP contribution in [-0.2, 0) is 0 Å². The molecule has 2 aromatic heterocycles. The van der Waals surface area contributed by atoms with Gasteiger partial charge in [-0.25, -0.2) is 0 Å². The number of hydrogen-bond donors (Lipinski definition) is 1. The molecule has 0 amide bonds. The number of Topliss-reactive ketones (excluding diaryl/α,β-unsaturated/α-hetero) is 1. The Hall–Kier alpha value is -3.31. The van der Waals surface area contributed by atoms with E-state index in [0.29, 0.717) is 26.6 Å². The number of hydrogen-bond acceptors (Lipinski definition) is 5. The Kier molecular flexibility index (Phi) is 2.89. The summed E-state index contributed by atoms with van der Waals surface area (Å²) in [6.45, 7) is 1.83. The molecule has 0 saturated carbocycles. The van der Waals surface area contributed by atoms with Crippen molar-refractivity contribution in [3.8, 4) is 11.3 Å². The lowest BCUT2D eigenvalue weighted by molar-refractivity contribution is 0.103. The lowest BCUT2D eigenvalue weighted by atomic mass is 9.83. The van der Waals surface area contributed by atoms with E-state index in [1.54, 1.807) is 0 Å². The van der Waals surface area contributed by atoms with Gasteiger partial charge in [-0.1, -0.05) is 36.4 Å². The zero-order chi connectivity index (χ0) is 19.2. The Bertz CT molecular complexity index is 1440. The Labute approximate surface area is 164 Å². The molecule has 0 aliphatic heterocycles. The number of ketones is 2. The van der Waals surface area contributed by atoms with Gasteiger partial charge >= 0.3 is 0 Å². The number of nitrogens with zero attached hydrogens (tertiary/aromatic N) is 1. The van der Waals surface area contributed by atoms with Crippen LogP contribution in [0.25, 0.3) is 38.5 Å². The molecule has 0 saturated heterocycles. The van der Waals surface area contributed by atoms with E-state index >= 15 is 0 Å². The van der Waals surface area contributed by atoms with Crippen molar-refractivity contribution in [2.24, 2.45) is 0 Å². The molecule has 1 N–H and O–H groups in total. The Morgan fingerprint density at radius 2 is 1.64 bits per heavy atom. The van der Waals surface area contributed by atoms with E-state index in [4.69, 9.17) is 0 Å². The molecule has 28 heavy (non-hydrogen) atoms. The molecule has 0 spiro atoms. The average molecular weight is 382 g/mol. The van der Waals surface area contributed by atoms with Gasteiger partial charge in [-0.2, -0.15) is 0 Å². The Balaban J connectivity index is 1.80. The van der Waals surface area contributed by atoms with E-state index < -0.39 is 0 Å². The van der Waals surface area contributed by atoms with Crippen molar-refractivity contribution in [1.82, 2.24) is 10.3 Å². The molecule has 0 atom stereocenters. The number of pyridine rings is 1.